The lowest BCUT2D eigenvalue weighted by Gasteiger charge is -2.26. The zero-order chi connectivity index (χ0) is 13.0. The minimum Gasteiger partial charge on any atom is -0.352 e. The van der Waals surface area contributed by atoms with E-state index < -0.39 is 0 Å². The van der Waals surface area contributed by atoms with Crippen LogP contribution in [0.1, 0.15) is 24.5 Å². The predicted molar refractivity (Wildman–Crippen MR) is 73.2 cm³/mol. The van der Waals surface area contributed by atoms with E-state index in [0.29, 0.717) is 0 Å². The summed E-state index contributed by atoms with van der Waals surface area (Å²) in [6.07, 6.45) is 3.40. The topological polar surface area (TPSA) is 41.1 Å². The van der Waals surface area contributed by atoms with Crippen molar-refractivity contribution in [1.29, 1.82) is 0 Å². The van der Waals surface area contributed by atoms with Crippen LogP contribution in [-0.2, 0) is 17.8 Å². The fraction of sp³-hybridized carbons (Fsp3) is 0.400. The van der Waals surface area contributed by atoms with Gasteiger partial charge in [0.2, 0.25) is 5.91 Å². The number of hydrogen-bond acceptors (Lipinski definition) is 2. The molecule has 0 fully saturated rings. The van der Waals surface area contributed by atoms with Crippen LogP contribution in [0.3, 0.4) is 0 Å². The third-order valence-electron chi connectivity index (χ3n) is 3.31. The fourth-order valence-corrected chi connectivity index (χ4v) is 2.29. The Balaban J connectivity index is 1.96. The van der Waals surface area contributed by atoms with Crippen molar-refractivity contribution in [2.24, 2.45) is 0 Å². The lowest BCUT2D eigenvalue weighted by molar-refractivity contribution is -0.123. The summed E-state index contributed by atoms with van der Waals surface area (Å²) in [6.45, 7) is 6.45. The van der Waals surface area contributed by atoms with E-state index in [1.165, 1.54) is 11.1 Å². The van der Waals surface area contributed by atoms with Crippen LogP contribution in [0.15, 0.2) is 36.9 Å². The number of fused-ring (bicyclic) bond motifs is 1. The standard InChI is InChI=1S/C15H20N2O/c1-3-6-11(2)17-15(18)14-9-12-7-4-5-8-13(12)10-16-14/h3-5,7-8,11,14,16H,1,6,9-10H2,2H3,(H,17,18). The number of rotatable bonds is 4. The highest BCUT2D eigenvalue weighted by Gasteiger charge is 2.24. The molecule has 1 aliphatic rings. The zero-order valence-corrected chi connectivity index (χ0v) is 10.8. The molecule has 1 amide bonds. The molecule has 1 aliphatic heterocycles. The predicted octanol–water partition coefficient (Wildman–Crippen LogP) is 1.78. The van der Waals surface area contributed by atoms with Gasteiger partial charge in [0, 0.05) is 12.6 Å². The zero-order valence-electron chi connectivity index (χ0n) is 10.8. The van der Waals surface area contributed by atoms with E-state index in [2.05, 4.69) is 29.3 Å². The van der Waals surface area contributed by atoms with Gasteiger partial charge in [-0.25, -0.2) is 0 Å². The smallest absolute Gasteiger partial charge is 0.237 e. The van der Waals surface area contributed by atoms with Crippen LogP contribution in [0.2, 0.25) is 0 Å². The van der Waals surface area contributed by atoms with Gasteiger partial charge in [0.1, 0.15) is 0 Å². The van der Waals surface area contributed by atoms with Crippen molar-refractivity contribution >= 4 is 5.91 Å². The normalized spacial score (nSPS) is 19.7. The molecule has 2 N–H and O–H groups in total. The van der Waals surface area contributed by atoms with Crippen LogP contribution in [0, 0.1) is 0 Å². The summed E-state index contributed by atoms with van der Waals surface area (Å²) in [5, 5.41) is 6.29. The fourth-order valence-electron chi connectivity index (χ4n) is 2.29. The minimum atomic E-state index is -0.118. The number of carbonyl (C=O) groups is 1. The molecule has 1 heterocycles. The van der Waals surface area contributed by atoms with Gasteiger partial charge in [-0.05, 0) is 30.9 Å². The quantitative estimate of drug-likeness (QED) is 0.793. The molecule has 96 valence electrons. The van der Waals surface area contributed by atoms with Crippen LogP contribution in [0.25, 0.3) is 0 Å². The molecule has 3 heteroatoms. The molecule has 1 aromatic rings. The van der Waals surface area contributed by atoms with Gasteiger partial charge >= 0.3 is 0 Å². The molecule has 0 bridgehead atoms. The summed E-state index contributed by atoms with van der Waals surface area (Å²) in [5.41, 5.74) is 2.56. The Morgan fingerprint density at radius 2 is 2.28 bits per heavy atom. The third-order valence-corrected chi connectivity index (χ3v) is 3.31. The Morgan fingerprint density at radius 3 is 3.00 bits per heavy atom. The molecule has 1 aromatic carbocycles. The van der Waals surface area contributed by atoms with Gasteiger partial charge in [0.05, 0.1) is 6.04 Å². The Kier molecular flexibility index (Phi) is 4.15. The lowest BCUT2D eigenvalue weighted by atomic mass is 9.95. The van der Waals surface area contributed by atoms with E-state index in [1.807, 2.05) is 25.1 Å². The highest BCUT2D eigenvalue weighted by atomic mass is 16.2. The Hall–Kier alpha value is -1.61. The minimum absolute atomic E-state index is 0.0823. The van der Waals surface area contributed by atoms with Crippen LogP contribution in [-0.4, -0.2) is 18.0 Å². The molecule has 2 unspecified atom stereocenters. The number of nitrogens with one attached hydrogen (secondary N) is 2. The second-order valence-corrected chi connectivity index (χ2v) is 4.84. The largest absolute Gasteiger partial charge is 0.352 e. The molecule has 3 nitrogen and oxygen atoms in total. The maximum Gasteiger partial charge on any atom is 0.237 e. The van der Waals surface area contributed by atoms with Crippen molar-refractivity contribution in [2.75, 3.05) is 0 Å². The maximum atomic E-state index is 12.1. The van der Waals surface area contributed by atoms with E-state index in [0.717, 1.165) is 19.4 Å². The first kappa shape index (κ1) is 12.8. The Labute approximate surface area is 108 Å². The van der Waals surface area contributed by atoms with Crippen LogP contribution in [0.4, 0.5) is 0 Å². The van der Waals surface area contributed by atoms with Gasteiger partial charge < -0.3 is 10.6 Å². The van der Waals surface area contributed by atoms with E-state index in [9.17, 15) is 4.79 Å². The van der Waals surface area contributed by atoms with Crippen molar-refractivity contribution in [3.63, 3.8) is 0 Å². The van der Waals surface area contributed by atoms with Crippen molar-refractivity contribution in [3.05, 3.63) is 48.0 Å². The summed E-state index contributed by atoms with van der Waals surface area (Å²) in [5.74, 6) is 0.0823. The van der Waals surface area contributed by atoms with E-state index in [1.54, 1.807) is 0 Å². The molecular weight excluding hydrogens is 224 g/mol. The summed E-state index contributed by atoms with van der Waals surface area (Å²) in [6, 6.07) is 8.30. The van der Waals surface area contributed by atoms with Crippen LogP contribution >= 0.6 is 0 Å². The summed E-state index contributed by atoms with van der Waals surface area (Å²) in [4.78, 5) is 12.1. The second-order valence-electron chi connectivity index (χ2n) is 4.84. The third kappa shape index (κ3) is 2.99. The number of hydrogen-bond donors (Lipinski definition) is 2. The first-order valence-electron chi connectivity index (χ1n) is 6.42. The van der Waals surface area contributed by atoms with Crippen molar-refractivity contribution in [3.8, 4) is 0 Å². The molecule has 0 spiro atoms. The molecule has 0 saturated heterocycles. The van der Waals surface area contributed by atoms with Crippen molar-refractivity contribution < 1.29 is 4.79 Å². The molecule has 0 saturated carbocycles. The van der Waals surface area contributed by atoms with E-state index in [4.69, 9.17) is 0 Å². The molecule has 2 atom stereocenters. The first-order valence-corrected chi connectivity index (χ1v) is 6.42. The lowest BCUT2D eigenvalue weighted by Crippen LogP contribution is -2.49. The Morgan fingerprint density at radius 1 is 1.56 bits per heavy atom. The average molecular weight is 244 g/mol. The highest BCUT2D eigenvalue weighted by molar-refractivity contribution is 5.82. The first-order chi connectivity index (χ1) is 8.70. The summed E-state index contributed by atoms with van der Waals surface area (Å²) in [7, 11) is 0. The maximum absolute atomic E-state index is 12.1. The molecular formula is C15H20N2O. The van der Waals surface area contributed by atoms with Crippen molar-refractivity contribution in [1.82, 2.24) is 10.6 Å². The molecule has 0 radical (unpaired) electrons. The van der Waals surface area contributed by atoms with Crippen molar-refractivity contribution in [2.45, 2.75) is 38.4 Å². The SMILES string of the molecule is C=CCC(C)NC(=O)C1Cc2ccccc2CN1. The van der Waals surface area contributed by atoms with Gasteiger partial charge in [-0.3, -0.25) is 4.79 Å². The molecule has 2 rings (SSSR count). The van der Waals surface area contributed by atoms with E-state index >= 15 is 0 Å². The Bertz CT molecular complexity index is 442. The monoisotopic (exact) mass is 244 g/mol. The summed E-state index contributed by atoms with van der Waals surface area (Å²) < 4.78 is 0. The van der Waals surface area contributed by atoms with Gasteiger partial charge in [-0.2, -0.15) is 0 Å². The van der Waals surface area contributed by atoms with E-state index in [-0.39, 0.29) is 18.0 Å². The number of benzene rings is 1. The van der Waals surface area contributed by atoms with Gasteiger partial charge in [-0.15, -0.1) is 6.58 Å². The van der Waals surface area contributed by atoms with Gasteiger partial charge in [0.25, 0.3) is 0 Å². The van der Waals surface area contributed by atoms with Gasteiger partial charge in [-0.1, -0.05) is 30.3 Å². The molecule has 18 heavy (non-hydrogen) atoms. The van der Waals surface area contributed by atoms with Crippen LogP contribution < -0.4 is 10.6 Å². The number of amides is 1. The molecule has 0 aromatic heterocycles. The average Bonchev–Trinajstić information content (AvgIpc) is 2.38. The van der Waals surface area contributed by atoms with Gasteiger partial charge in [0.15, 0.2) is 0 Å². The summed E-state index contributed by atoms with van der Waals surface area (Å²) >= 11 is 0. The molecule has 0 aliphatic carbocycles. The second kappa shape index (κ2) is 5.83. The number of carbonyl (C=O) groups excluding carboxylic acids is 1. The van der Waals surface area contributed by atoms with Crippen LogP contribution in [0.5, 0.6) is 0 Å². The highest BCUT2D eigenvalue weighted by Crippen LogP contribution is 2.16.